The Hall–Kier alpha value is -2.22. The van der Waals surface area contributed by atoms with E-state index in [1.807, 2.05) is 24.3 Å². The number of nitrogens with one attached hydrogen (secondary N) is 1. The summed E-state index contributed by atoms with van der Waals surface area (Å²) in [7, 11) is 0. The second kappa shape index (κ2) is 6.49. The zero-order valence-corrected chi connectivity index (χ0v) is 14.2. The second-order valence-electron chi connectivity index (χ2n) is 5.10. The van der Waals surface area contributed by atoms with Crippen LogP contribution in [-0.2, 0) is 9.59 Å². The van der Waals surface area contributed by atoms with E-state index in [-0.39, 0.29) is 30.6 Å². The first-order chi connectivity index (χ1) is 11.1. The van der Waals surface area contributed by atoms with Gasteiger partial charge in [-0.2, -0.15) is 0 Å². The minimum Gasteiger partial charge on any atom is -0.321 e. The molecule has 3 amide bonds. The molecule has 0 radical (unpaired) electrons. The molecule has 0 bridgehead atoms. The van der Waals surface area contributed by atoms with E-state index in [2.05, 4.69) is 27.9 Å². The van der Waals surface area contributed by atoms with Crippen LogP contribution in [0.2, 0.25) is 0 Å². The molecule has 116 valence electrons. The van der Waals surface area contributed by atoms with Gasteiger partial charge < -0.3 is 5.32 Å². The Kier molecular flexibility index (Phi) is 4.42. The maximum absolute atomic E-state index is 12.3. The van der Waals surface area contributed by atoms with Gasteiger partial charge in [-0.3, -0.25) is 19.3 Å². The molecule has 1 heterocycles. The van der Waals surface area contributed by atoms with E-state index in [0.29, 0.717) is 11.3 Å². The predicted molar refractivity (Wildman–Crippen MR) is 95.3 cm³/mol. The van der Waals surface area contributed by atoms with Gasteiger partial charge in [0, 0.05) is 22.0 Å². The molecular formula is C17H13IN2O3. The van der Waals surface area contributed by atoms with Crippen molar-refractivity contribution in [2.45, 2.75) is 12.8 Å². The van der Waals surface area contributed by atoms with Gasteiger partial charge in [0.25, 0.3) is 5.91 Å². The average Bonchev–Trinajstić information content (AvgIpc) is 2.88. The summed E-state index contributed by atoms with van der Waals surface area (Å²) in [5, 5.41) is 2.84. The Bertz CT molecular complexity index is 771. The highest BCUT2D eigenvalue weighted by atomic mass is 127. The number of carbonyl (C=O) groups excluding carboxylic acids is 3. The third-order valence-electron chi connectivity index (χ3n) is 3.56. The fraction of sp³-hybridized carbons (Fsp3) is 0.118. The lowest BCUT2D eigenvalue weighted by atomic mass is 10.1. The predicted octanol–water partition coefficient (Wildman–Crippen LogP) is 3.20. The van der Waals surface area contributed by atoms with Crippen molar-refractivity contribution in [3.63, 3.8) is 0 Å². The number of amides is 3. The highest BCUT2D eigenvalue weighted by Gasteiger charge is 2.30. The van der Waals surface area contributed by atoms with Crippen molar-refractivity contribution in [2.75, 3.05) is 10.2 Å². The molecule has 1 fully saturated rings. The smallest absolute Gasteiger partial charge is 0.255 e. The highest BCUT2D eigenvalue weighted by Crippen LogP contribution is 2.23. The number of rotatable bonds is 3. The van der Waals surface area contributed by atoms with Crippen molar-refractivity contribution < 1.29 is 14.4 Å². The molecule has 0 unspecified atom stereocenters. The number of nitrogens with zero attached hydrogens (tertiary/aromatic N) is 1. The molecule has 3 rings (SSSR count). The van der Waals surface area contributed by atoms with Crippen LogP contribution in [0.25, 0.3) is 0 Å². The Morgan fingerprint density at radius 1 is 0.957 bits per heavy atom. The molecule has 1 aliphatic heterocycles. The van der Waals surface area contributed by atoms with Gasteiger partial charge in [0.1, 0.15) is 0 Å². The summed E-state index contributed by atoms with van der Waals surface area (Å²) in [5.74, 6) is -0.642. The summed E-state index contributed by atoms with van der Waals surface area (Å²) >= 11 is 2.15. The summed E-state index contributed by atoms with van der Waals surface area (Å²) in [6.07, 6.45) is 0.487. The van der Waals surface area contributed by atoms with Crippen LogP contribution in [0.15, 0.2) is 48.5 Å². The van der Waals surface area contributed by atoms with Gasteiger partial charge in [-0.15, -0.1) is 0 Å². The number of halogens is 1. The molecule has 0 saturated carbocycles. The van der Waals surface area contributed by atoms with Gasteiger partial charge in [0.15, 0.2) is 0 Å². The molecule has 6 heteroatoms. The normalized spacial score (nSPS) is 14.2. The molecule has 2 aromatic rings. The number of imide groups is 1. The van der Waals surface area contributed by atoms with Crippen LogP contribution in [0.4, 0.5) is 11.4 Å². The van der Waals surface area contributed by atoms with Crippen LogP contribution in [0, 0.1) is 3.57 Å². The first kappa shape index (κ1) is 15.7. The van der Waals surface area contributed by atoms with E-state index >= 15 is 0 Å². The first-order valence-corrected chi connectivity index (χ1v) is 8.16. The van der Waals surface area contributed by atoms with Crippen molar-refractivity contribution >= 4 is 51.7 Å². The second-order valence-corrected chi connectivity index (χ2v) is 6.27. The number of hydrogen-bond donors (Lipinski definition) is 1. The zero-order valence-electron chi connectivity index (χ0n) is 12.1. The molecule has 1 saturated heterocycles. The van der Waals surface area contributed by atoms with Crippen molar-refractivity contribution in [3.05, 3.63) is 57.7 Å². The Labute approximate surface area is 146 Å². The summed E-state index contributed by atoms with van der Waals surface area (Å²) in [6.45, 7) is 0. The number of anilines is 2. The SMILES string of the molecule is O=C(Nc1ccccc1I)c1ccc(N2C(=O)CCC2=O)cc1. The maximum Gasteiger partial charge on any atom is 0.255 e. The first-order valence-electron chi connectivity index (χ1n) is 7.08. The third kappa shape index (κ3) is 3.26. The summed E-state index contributed by atoms with van der Waals surface area (Å²) in [5.41, 5.74) is 1.71. The Balaban J connectivity index is 1.77. The van der Waals surface area contributed by atoms with Crippen LogP contribution >= 0.6 is 22.6 Å². The maximum atomic E-state index is 12.3. The van der Waals surface area contributed by atoms with Gasteiger partial charge in [-0.1, -0.05) is 12.1 Å². The van der Waals surface area contributed by atoms with Gasteiger partial charge >= 0.3 is 0 Å². The van der Waals surface area contributed by atoms with Crippen molar-refractivity contribution in [1.29, 1.82) is 0 Å². The molecule has 1 N–H and O–H groups in total. The van der Waals surface area contributed by atoms with Crippen molar-refractivity contribution in [1.82, 2.24) is 0 Å². The monoisotopic (exact) mass is 420 g/mol. The van der Waals surface area contributed by atoms with Crippen molar-refractivity contribution in [2.24, 2.45) is 0 Å². The average molecular weight is 420 g/mol. The van der Waals surface area contributed by atoms with Gasteiger partial charge in [-0.25, -0.2) is 0 Å². The van der Waals surface area contributed by atoms with Crippen LogP contribution in [0.3, 0.4) is 0 Å². The van der Waals surface area contributed by atoms with Crippen LogP contribution < -0.4 is 10.2 Å². The minimum atomic E-state index is -0.236. The van der Waals surface area contributed by atoms with Gasteiger partial charge in [0.2, 0.25) is 11.8 Å². The number of benzene rings is 2. The molecule has 1 aliphatic rings. The molecule has 5 nitrogen and oxygen atoms in total. The quantitative estimate of drug-likeness (QED) is 0.613. The molecule has 0 aliphatic carbocycles. The summed E-state index contributed by atoms with van der Waals surface area (Å²) in [6, 6.07) is 13.9. The van der Waals surface area contributed by atoms with E-state index in [1.54, 1.807) is 24.3 Å². The molecular weight excluding hydrogens is 407 g/mol. The van der Waals surface area contributed by atoms with E-state index in [9.17, 15) is 14.4 Å². The molecule has 23 heavy (non-hydrogen) atoms. The summed E-state index contributed by atoms with van der Waals surface area (Å²) in [4.78, 5) is 36.8. The standard InChI is InChI=1S/C17H13IN2O3/c18-13-3-1-2-4-14(13)19-17(23)11-5-7-12(8-6-11)20-15(21)9-10-16(20)22/h1-8H,9-10H2,(H,19,23). The fourth-order valence-corrected chi connectivity index (χ4v) is 2.91. The molecule has 0 spiro atoms. The molecule has 0 atom stereocenters. The largest absolute Gasteiger partial charge is 0.321 e. The molecule has 0 aromatic heterocycles. The number of para-hydroxylation sites is 1. The zero-order chi connectivity index (χ0) is 16.4. The van der Waals surface area contributed by atoms with Crippen molar-refractivity contribution in [3.8, 4) is 0 Å². The van der Waals surface area contributed by atoms with Gasteiger partial charge in [0.05, 0.1) is 11.4 Å². The lowest BCUT2D eigenvalue weighted by Gasteiger charge is -2.14. The summed E-state index contributed by atoms with van der Waals surface area (Å²) < 4.78 is 0.948. The van der Waals surface area contributed by atoms with E-state index in [4.69, 9.17) is 0 Å². The number of hydrogen-bond acceptors (Lipinski definition) is 3. The lowest BCUT2D eigenvalue weighted by molar-refractivity contribution is -0.121. The van der Waals surface area contributed by atoms with Crippen LogP contribution in [0.1, 0.15) is 23.2 Å². The van der Waals surface area contributed by atoms with Crippen LogP contribution in [-0.4, -0.2) is 17.7 Å². The van der Waals surface area contributed by atoms with E-state index in [1.165, 1.54) is 4.90 Å². The molecule has 2 aromatic carbocycles. The fourth-order valence-electron chi connectivity index (χ4n) is 2.38. The van der Waals surface area contributed by atoms with Gasteiger partial charge in [-0.05, 0) is 59.0 Å². The highest BCUT2D eigenvalue weighted by molar-refractivity contribution is 14.1. The minimum absolute atomic E-state index is 0.203. The Morgan fingerprint density at radius 3 is 2.17 bits per heavy atom. The topological polar surface area (TPSA) is 66.5 Å². The number of carbonyl (C=O) groups is 3. The Morgan fingerprint density at radius 2 is 1.57 bits per heavy atom. The van der Waals surface area contributed by atoms with E-state index < -0.39 is 0 Å². The third-order valence-corrected chi connectivity index (χ3v) is 4.50. The van der Waals surface area contributed by atoms with E-state index in [0.717, 1.165) is 9.26 Å². The van der Waals surface area contributed by atoms with Crippen LogP contribution in [0.5, 0.6) is 0 Å². The lowest BCUT2D eigenvalue weighted by Crippen LogP contribution is -2.28.